The van der Waals surface area contributed by atoms with Gasteiger partial charge in [-0.1, -0.05) is 69.6 Å². The fourth-order valence-corrected chi connectivity index (χ4v) is 6.35. The second kappa shape index (κ2) is 11.3. The van der Waals surface area contributed by atoms with Crippen LogP contribution in [0.15, 0.2) is 10.4 Å². The van der Waals surface area contributed by atoms with Crippen LogP contribution in [0.1, 0.15) is 90.4 Å². The van der Waals surface area contributed by atoms with Crippen LogP contribution in [0, 0.1) is 0 Å². The first-order chi connectivity index (χ1) is 13.3. The van der Waals surface area contributed by atoms with Crippen molar-refractivity contribution in [2.75, 3.05) is 11.1 Å². The zero-order chi connectivity index (χ0) is 18.9. The summed E-state index contributed by atoms with van der Waals surface area (Å²) in [7, 11) is 0. The maximum absolute atomic E-state index is 13.2. The first-order valence-electron chi connectivity index (χ1n) is 11.0. The summed E-state index contributed by atoms with van der Waals surface area (Å²) >= 11 is 3.49. The molecule has 27 heavy (non-hydrogen) atoms. The Balaban J connectivity index is 1.59. The lowest BCUT2D eigenvalue weighted by Crippen LogP contribution is -2.50. The number of hydrogen-bond donors (Lipinski definition) is 1. The van der Waals surface area contributed by atoms with E-state index in [1.807, 2.05) is 18.0 Å². The molecule has 1 N–H and O–H groups in total. The summed E-state index contributed by atoms with van der Waals surface area (Å²) in [6.07, 6.45) is 18.1. The normalized spacial score (nSPS) is 19.1. The van der Waals surface area contributed by atoms with E-state index in [2.05, 4.69) is 22.1 Å². The number of carbonyl (C=O) groups is 1. The minimum Gasteiger partial charge on any atom is -0.319 e. The van der Waals surface area contributed by atoms with E-state index in [0.29, 0.717) is 12.1 Å². The van der Waals surface area contributed by atoms with Crippen LogP contribution < -0.4 is 5.32 Å². The molecular weight excluding hydrogens is 374 g/mol. The highest BCUT2D eigenvalue weighted by Gasteiger charge is 2.32. The van der Waals surface area contributed by atoms with E-state index < -0.39 is 0 Å². The molecule has 4 nitrogen and oxygen atoms in total. The molecule has 1 aromatic rings. The van der Waals surface area contributed by atoms with Gasteiger partial charge in [-0.25, -0.2) is 9.78 Å². The molecule has 2 aliphatic carbocycles. The summed E-state index contributed by atoms with van der Waals surface area (Å²) in [5, 5.41) is 3.90. The van der Waals surface area contributed by atoms with Gasteiger partial charge in [-0.2, -0.15) is 0 Å². The summed E-state index contributed by atoms with van der Waals surface area (Å²) < 4.78 is 1.21. The van der Waals surface area contributed by atoms with Gasteiger partial charge in [0.15, 0.2) is 5.13 Å². The van der Waals surface area contributed by atoms with Crippen molar-refractivity contribution < 1.29 is 4.79 Å². The Labute approximate surface area is 172 Å². The predicted octanol–water partition coefficient (Wildman–Crippen LogP) is 6.92. The molecular formula is C21H35N3OS2. The number of anilines is 1. The molecule has 1 heterocycles. The molecule has 1 aromatic heterocycles. The van der Waals surface area contributed by atoms with Crippen molar-refractivity contribution in [2.24, 2.45) is 0 Å². The van der Waals surface area contributed by atoms with E-state index in [4.69, 9.17) is 0 Å². The van der Waals surface area contributed by atoms with E-state index in [9.17, 15) is 4.79 Å². The minimum atomic E-state index is 0.0886. The second-order valence-corrected chi connectivity index (χ2v) is 10.4. The van der Waals surface area contributed by atoms with Gasteiger partial charge < -0.3 is 4.90 Å². The topological polar surface area (TPSA) is 45.2 Å². The largest absolute Gasteiger partial charge is 0.324 e. The van der Waals surface area contributed by atoms with Crippen molar-refractivity contribution in [3.63, 3.8) is 0 Å². The average molecular weight is 410 g/mol. The van der Waals surface area contributed by atoms with E-state index >= 15 is 0 Å². The molecule has 3 rings (SSSR count). The first-order valence-corrected chi connectivity index (χ1v) is 12.8. The Hall–Kier alpha value is -0.750. The lowest BCUT2D eigenvalue weighted by molar-refractivity contribution is 0.114. The third kappa shape index (κ3) is 6.38. The number of thioether (sulfide) groups is 1. The van der Waals surface area contributed by atoms with Crippen LogP contribution >= 0.6 is 23.1 Å². The number of rotatable bonds is 8. The number of nitrogens with zero attached hydrogens (tertiary/aromatic N) is 2. The zero-order valence-electron chi connectivity index (χ0n) is 16.8. The van der Waals surface area contributed by atoms with Crippen molar-refractivity contribution in [1.29, 1.82) is 0 Å². The summed E-state index contributed by atoms with van der Waals surface area (Å²) in [5.41, 5.74) is 0. The maximum atomic E-state index is 13.2. The van der Waals surface area contributed by atoms with Crippen LogP contribution in [0.5, 0.6) is 0 Å². The number of carbonyl (C=O) groups excluding carboxylic acids is 1. The van der Waals surface area contributed by atoms with Gasteiger partial charge in [-0.15, -0.1) is 11.8 Å². The van der Waals surface area contributed by atoms with Crippen molar-refractivity contribution in [2.45, 2.75) is 107 Å². The third-order valence-corrected chi connectivity index (χ3v) is 8.05. The number of aromatic nitrogens is 1. The van der Waals surface area contributed by atoms with Crippen molar-refractivity contribution in [1.82, 2.24) is 9.88 Å². The number of nitrogens with one attached hydrogen (secondary N) is 1. The van der Waals surface area contributed by atoms with Crippen LogP contribution in [0.25, 0.3) is 0 Å². The van der Waals surface area contributed by atoms with Crippen LogP contribution in [-0.4, -0.2) is 33.8 Å². The molecule has 0 aromatic carbocycles. The second-order valence-electron chi connectivity index (χ2n) is 7.96. The van der Waals surface area contributed by atoms with Gasteiger partial charge >= 0.3 is 6.03 Å². The van der Waals surface area contributed by atoms with Gasteiger partial charge in [0.2, 0.25) is 0 Å². The SMILES string of the molecule is CCCCCSc1cnc(NC(=O)N(C2CCCCC2)C2CCCCC2)s1. The number of amides is 2. The van der Waals surface area contributed by atoms with Crippen LogP contribution in [0.3, 0.4) is 0 Å². The van der Waals surface area contributed by atoms with E-state index in [1.165, 1.54) is 87.7 Å². The molecule has 0 radical (unpaired) electrons. The average Bonchev–Trinajstić information content (AvgIpc) is 3.14. The fourth-order valence-electron chi connectivity index (χ4n) is 4.41. The monoisotopic (exact) mass is 409 g/mol. The van der Waals surface area contributed by atoms with E-state index in [0.717, 1.165) is 10.9 Å². The molecule has 0 saturated heterocycles. The number of hydrogen-bond acceptors (Lipinski definition) is 4. The Bertz CT molecular complexity index is 548. The third-order valence-electron chi connectivity index (χ3n) is 5.86. The minimum absolute atomic E-state index is 0.0886. The highest BCUT2D eigenvalue weighted by Crippen LogP contribution is 2.32. The number of unbranched alkanes of at least 4 members (excludes halogenated alkanes) is 2. The predicted molar refractivity (Wildman–Crippen MR) is 117 cm³/mol. The molecule has 0 aliphatic heterocycles. The van der Waals surface area contributed by atoms with Gasteiger partial charge in [0.1, 0.15) is 0 Å². The van der Waals surface area contributed by atoms with Gasteiger partial charge in [-0.3, -0.25) is 5.32 Å². The number of urea groups is 1. The highest BCUT2D eigenvalue weighted by molar-refractivity contribution is 8.01. The Morgan fingerprint density at radius 3 is 2.33 bits per heavy atom. The van der Waals surface area contributed by atoms with Gasteiger partial charge in [-0.05, 0) is 37.9 Å². The molecule has 6 heteroatoms. The Kier molecular flexibility index (Phi) is 8.78. The van der Waals surface area contributed by atoms with Crippen LogP contribution in [0.4, 0.5) is 9.93 Å². The molecule has 0 spiro atoms. The molecule has 2 fully saturated rings. The van der Waals surface area contributed by atoms with Crippen molar-refractivity contribution in [3.05, 3.63) is 6.20 Å². The summed E-state index contributed by atoms with van der Waals surface area (Å²) in [4.78, 5) is 19.9. The summed E-state index contributed by atoms with van der Waals surface area (Å²) in [6, 6.07) is 0.931. The molecule has 2 amide bonds. The van der Waals surface area contributed by atoms with Gasteiger partial charge in [0.05, 0.1) is 10.4 Å². The quantitative estimate of drug-likeness (QED) is 0.374. The maximum Gasteiger partial charge on any atom is 0.324 e. The highest BCUT2D eigenvalue weighted by atomic mass is 32.2. The van der Waals surface area contributed by atoms with E-state index in [1.54, 1.807) is 11.3 Å². The van der Waals surface area contributed by atoms with Crippen LogP contribution in [0.2, 0.25) is 0 Å². The van der Waals surface area contributed by atoms with E-state index in [-0.39, 0.29) is 6.03 Å². The summed E-state index contributed by atoms with van der Waals surface area (Å²) in [6.45, 7) is 2.23. The lowest BCUT2D eigenvalue weighted by Gasteiger charge is -2.41. The lowest BCUT2D eigenvalue weighted by atomic mass is 9.89. The first kappa shape index (κ1) is 21.0. The molecule has 0 atom stereocenters. The molecule has 2 aliphatic rings. The van der Waals surface area contributed by atoms with Crippen LogP contribution in [-0.2, 0) is 0 Å². The Morgan fingerprint density at radius 2 is 1.74 bits per heavy atom. The fraction of sp³-hybridized carbons (Fsp3) is 0.810. The zero-order valence-corrected chi connectivity index (χ0v) is 18.4. The molecule has 0 bridgehead atoms. The standard InChI is InChI=1S/C21H35N3OS2/c1-2-3-10-15-26-19-16-22-20(27-19)23-21(25)24(17-11-6-4-7-12-17)18-13-8-5-9-14-18/h16-18H,2-15H2,1H3,(H,22,23,25). The smallest absolute Gasteiger partial charge is 0.319 e. The van der Waals surface area contributed by atoms with Crippen molar-refractivity contribution >= 4 is 34.3 Å². The Morgan fingerprint density at radius 1 is 1.11 bits per heavy atom. The van der Waals surface area contributed by atoms with Gasteiger partial charge in [0.25, 0.3) is 0 Å². The molecule has 0 unspecified atom stereocenters. The summed E-state index contributed by atoms with van der Waals surface area (Å²) in [5.74, 6) is 1.14. The van der Waals surface area contributed by atoms with Crippen molar-refractivity contribution in [3.8, 4) is 0 Å². The molecule has 152 valence electrons. The molecule has 2 saturated carbocycles. The van der Waals surface area contributed by atoms with Gasteiger partial charge in [0, 0.05) is 12.1 Å². The number of thiazole rings is 1.